The molecule has 1 aliphatic rings. The molecule has 0 saturated carbocycles. The van der Waals surface area contributed by atoms with E-state index in [0.29, 0.717) is 18.8 Å². The zero-order valence-corrected chi connectivity index (χ0v) is 13.3. The lowest BCUT2D eigenvalue weighted by Crippen LogP contribution is -2.67. The lowest BCUT2D eigenvalue weighted by Gasteiger charge is -2.49. The van der Waals surface area contributed by atoms with Crippen LogP contribution in [-0.2, 0) is 0 Å². The van der Waals surface area contributed by atoms with E-state index in [1.807, 2.05) is 26.0 Å². The molecular weight excluding hydrogens is 264 g/mol. The van der Waals surface area contributed by atoms with E-state index in [2.05, 4.69) is 16.8 Å². The Morgan fingerprint density at radius 1 is 1.38 bits per heavy atom. The molecule has 5 heteroatoms. The van der Waals surface area contributed by atoms with Gasteiger partial charge in [0.25, 0.3) is 5.91 Å². The predicted molar refractivity (Wildman–Crippen MR) is 85.5 cm³/mol. The average Bonchev–Trinajstić information content (AvgIpc) is 2.46. The number of hydrogen-bond acceptors (Lipinski definition) is 4. The van der Waals surface area contributed by atoms with Crippen LogP contribution >= 0.6 is 0 Å². The number of nitrogens with two attached hydrogens (primary N) is 1. The van der Waals surface area contributed by atoms with Gasteiger partial charge in [0.2, 0.25) is 0 Å². The summed E-state index contributed by atoms with van der Waals surface area (Å²) in [4.78, 5) is 20.6. The summed E-state index contributed by atoms with van der Waals surface area (Å²) in [5.41, 5.74) is 7.78. The highest BCUT2D eigenvalue weighted by Gasteiger charge is 2.38. The lowest BCUT2D eigenvalue weighted by atomic mass is 9.86. The van der Waals surface area contributed by atoms with E-state index in [0.717, 1.165) is 31.6 Å². The number of pyridine rings is 1. The second-order valence-electron chi connectivity index (χ2n) is 5.85. The fourth-order valence-corrected chi connectivity index (χ4v) is 2.96. The molecular formula is C16H26N4O. The topological polar surface area (TPSA) is 62.5 Å². The van der Waals surface area contributed by atoms with Gasteiger partial charge < -0.3 is 15.5 Å². The molecule has 0 radical (unpaired) electrons. The van der Waals surface area contributed by atoms with Gasteiger partial charge in [-0.15, -0.1) is 0 Å². The normalized spacial score (nSPS) is 16.5. The first-order chi connectivity index (χ1) is 10.0. The molecule has 2 N–H and O–H groups in total. The molecule has 5 nitrogen and oxygen atoms in total. The summed E-state index contributed by atoms with van der Waals surface area (Å²) in [6, 6.07) is 3.83. The molecule has 0 atom stereocenters. The zero-order valence-electron chi connectivity index (χ0n) is 13.3. The Morgan fingerprint density at radius 3 is 2.62 bits per heavy atom. The number of amides is 1. The third kappa shape index (κ3) is 3.35. The van der Waals surface area contributed by atoms with E-state index >= 15 is 0 Å². The molecule has 1 aliphatic heterocycles. The van der Waals surface area contributed by atoms with Crippen LogP contribution in [-0.4, -0.2) is 47.5 Å². The first-order valence-corrected chi connectivity index (χ1v) is 7.82. The first kappa shape index (κ1) is 15.8. The van der Waals surface area contributed by atoms with Crippen molar-refractivity contribution in [2.75, 3.05) is 31.1 Å². The van der Waals surface area contributed by atoms with Crippen molar-refractivity contribution < 1.29 is 4.79 Å². The van der Waals surface area contributed by atoms with Crippen molar-refractivity contribution >= 4 is 11.6 Å². The van der Waals surface area contributed by atoms with Crippen LogP contribution in [0.4, 0.5) is 5.69 Å². The quantitative estimate of drug-likeness (QED) is 0.869. The summed E-state index contributed by atoms with van der Waals surface area (Å²) < 4.78 is 0. The van der Waals surface area contributed by atoms with Gasteiger partial charge in [0.05, 0.1) is 5.54 Å². The Bertz CT molecular complexity index is 493. The minimum absolute atomic E-state index is 0.00468. The van der Waals surface area contributed by atoms with Crippen molar-refractivity contribution in [1.82, 2.24) is 9.88 Å². The van der Waals surface area contributed by atoms with Crippen LogP contribution in [0.15, 0.2) is 18.3 Å². The van der Waals surface area contributed by atoms with E-state index in [1.54, 1.807) is 11.1 Å². The standard InChI is InChI=1S/C16H26N4O/c1-4-8-16(17)11-20(12-16)13-7-9-18-14(10-13)15(21)19(5-2)6-3/h7,9-10H,4-6,8,11-12,17H2,1-3H3. The summed E-state index contributed by atoms with van der Waals surface area (Å²) in [5, 5.41) is 0. The van der Waals surface area contributed by atoms with E-state index in [1.165, 1.54) is 0 Å². The highest BCUT2D eigenvalue weighted by Crippen LogP contribution is 2.29. The maximum atomic E-state index is 12.3. The van der Waals surface area contributed by atoms with Gasteiger partial charge in [-0.3, -0.25) is 9.78 Å². The molecule has 1 aromatic rings. The Hall–Kier alpha value is -1.62. The molecule has 21 heavy (non-hydrogen) atoms. The molecule has 0 spiro atoms. The van der Waals surface area contributed by atoms with E-state index in [-0.39, 0.29) is 11.4 Å². The van der Waals surface area contributed by atoms with Crippen LogP contribution < -0.4 is 10.6 Å². The van der Waals surface area contributed by atoms with Gasteiger partial charge in [0, 0.05) is 38.1 Å². The number of aromatic nitrogens is 1. The molecule has 0 bridgehead atoms. The fourth-order valence-electron chi connectivity index (χ4n) is 2.96. The second-order valence-corrected chi connectivity index (χ2v) is 5.85. The molecule has 0 unspecified atom stereocenters. The van der Waals surface area contributed by atoms with Gasteiger partial charge in [-0.1, -0.05) is 13.3 Å². The fraction of sp³-hybridized carbons (Fsp3) is 0.625. The van der Waals surface area contributed by atoms with Gasteiger partial charge in [-0.05, 0) is 32.4 Å². The lowest BCUT2D eigenvalue weighted by molar-refractivity contribution is 0.0767. The predicted octanol–water partition coefficient (Wildman–Crippen LogP) is 1.88. The van der Waals surface area contributed by atoms with Gasteiger partial charge in [-0.25, -0.2) is 0 Å². The van der Waals surface area contributed by atoms with Crippen molar-refractivity contribution in [2.24, 2.45) is 5.73 Å². The third-order valence-electron chi connectivity index (χ3n) is 4.14. The van der Waals surface area contributed by atoms with E-state index in [9.17, 15) is 4.79 Å². The van der Waals surface area contributed by atoms with Crippen molar-refractivity contribution in [3.05, 3.63) is 24.0 Å². The number of hydrogen-bond donors (Lipinski definition) is 1. The van der Waals surface area contributed by atoms with Crippen LogP contribution in [0.3, 0.4) is 0 Å². The molecule has 0 aliphatic carbocycles. The summed E-state index contributed by atoms with van der Waals surface area (Å²) in [5.74, 6) is -0.00468. The van der Waals surface area contributed by atoms with Crippen LogP contribution in [0, 0.1) is 0 Å². The second kappa shape index (κ2) is 6.43. The molecule has 116 valence electrons. The number of nitrogens with zero attached hydrogens (tertiary/aromatic N) is 3. The Morgan fingerprint density at radius 2 is 2.05 bits per heavy atom. The highest BCUT2D eigenvalue weighted by molar-refractivity contribution is 5.93. The van der Waals surface area contributed by atoms with Crippen molar-refractivity contribution in [3.63, 3.8) is 0 Å². The van der Waals surface area contributed by atoms with Crippen LogP contribution in [0.5, 0.6) is 0 Å². The Labute approximate surface area is 127 Å². The highest BCUT2D eigenvalue weighted by atomic mass is 16.2. The van der Waals surface area contributed by atoms with E-state index < -0.39 is 0 Å². The van der Waals surface area contributed by atoms with Gasteiger partial charge in [-0.2, -0.15) is 0 Å². The summed E-state index contributed by atoms with van der Waals surface area (Å²) in [7, 11) is 0. The number of carbonyl (C=O) groups excluding carboxylic acids is 1. The summed E-state index contributed by atoms with van der Waals surface area (Å²) in [6.45, 7) is 9.22. The minimum Gasteiger partial charge on any atom is -0.368 e. The SMILES string of the molecule is CCCC1(N)CN(c2ccnc(C(=O)N(CC)CC)c2)C1. The molecule has 1 amide bonds. The van der Waals surface area contributed by atoms with Crippen LogP contribution in [0.25, 0.3) is 0 Å². The summed E-state index contributed by atoms with van der Waals surface area (Å²) in [6.07, 6.45) is 3.86. The Kier molecular flexibility index (Phi) is 4.83. The smallest absolute Gasteiger partial charge is 0.272 e. The first-order valence-electron chi connectivity index (χ1n) is 7.82. The molecule has 1 aromatic heterocycles. The molecule has 2 rings (SSSR count). The number of carbonyl (C=O) groups is 1. The minimum atomic E-state index is -0.0684. The molecule has 0 aromatic carbocycles. The van der Waals surface area contributed by atoms with Gasteiger partial charge in [0.1, 0.15) is 5.69 Å². The number of anilines is 1. The van der Waals surface area contributed by atoms with E-state index in [4.69, 9.17) is 5.73 Å². The Balaban J connectivity index is 2.08. The van der Waals surface area contributed by atoms with Crippen LogP contribution in [0.2, 0.25) is 0 Å². The summed E-state index contributed by atoms with van der Waals surface area (Å²) >= 11 is 0. The van der Waals surface area contributed by atoms with Gasteiger partial charge >= 0.3 is 0 Å². The maximum absolute atomic E-state index is 12.3. The largest absolute Gasteiger partial charge is 0.368 e. The third-order valence-corrected chi connectivity index (χ3v) is 4.14. The number of rotatable bonds is 6. The van der Waals surface area contributed by atoms with Crippen molar-refractivity contribution in [2.45, 2.75) is 39.2 Å². The molecule has 1 fully saturated rings. The zero-order chi connectivity index (χ0) is 15.5. The van der Waals surface area contributed by atoms with Gasteiger partial charge in [0.15, 0.2) is 0 Å². The average molecular weight is 290 g/mol. The molecule has 2 heterocycles. The van der Waals surface area contributed by atoms with Crippen LogP contribution in [0.1, 0.15) is 44.1 Å². The molecule has 1 saturated heterocycles. The monoisotopic (exact) mass is 290 g/mol. The van der Waals surface area contributed by atoms with Crippen molar-refractivity contribution in [1.29, 1.82) is 0 Å². The van der Waals surface area contributed by atoms with Crippen molar-refractivity contribution in [3.8, 4) is 0 Å². The maximum Gasteiger partial charge on any atom is 0.272 e.